The van der Waals surface area contributed by atoms with E-state index in [1.165, 1.54) is 42.5 Å². The number of carbonyl (C=O) groups excluding carboxylic acids is 1. The van der Waals surface area contributed by atoms with Gasteiger partial charge >= 0.3 is 6.18 Å². The topological polar surface area (TPSA) is 118 Å². The van der Waals surface area contributed by atoms with Crippen LogP contribution in [0.5, 0.6) is 0 Å². The van der Waals surface area contributed by atoms with E-state index in [1.54, 1.807) is 6.07 Å². The monoisotopic (exact) mass is 479 g/mol. The van der Waals surface area contributed by atoms with Crippen molar-refractivity contribution in [2.75, 3.05) is 10.0 Å². The van der Waals surface area contributed by atoms with E-state index in [9.17, 15) is 36.5 Å². The fraction of sp³-hybridized carbons (Fsp3) is 0.0952. The van der Waals surface area contributed by atoms with Gasteiger partial charge in [-0.1, -0.05) is 30.3 Å². The number of nitro groups is 1. The molecule has 0 bridgehead atoms. The van der Waals surface area contributed by atoms with Crippen LogP contribution in [0.25, 0.3) is 0 Å². The molecule has 2 N–H and O–H groups in total. The van der Waals surface area contributed by atoms with E-state index in [4.69, 9.17) is 0 Å². The molecule has 0 aliphatic heterocycles. The Balaban J connectivity index is 1.76. The number of hydrogen-bond acceptors (Lipinski definition) is 5. The summed E-state index contributed by atoms with van der Waals surface area (Å²) in [7, 11) is -4.27. The van der Waals surface area contributed by atoms with Gasteiger partial charge in [-0.25, -0.2) is 8.42 Å². The molecule has 0 atom stereocenters. The normalized spacial score (nSPS) is 11.6. The molecule has 8 nitrogen and oxygen atoms in total. The first-order chi connectivity index (χ1) is 15.5. The van der Waals surface area contributed by atoms with Crippen molar-refractivity contribution in [3.8, 4) is 0 Å². The number of carbonyl (C=O) groups is 1. The number of anilines is 2. The number of nitrogens with one attached hydrogen (secondary N) is 2. The molecule has 0 unspecified atom stereocenters. The summed E-state index contributed by atoms with van der Waals surface area (Å²) in [6.45, 7) is 0. The van der Waals surface area contributed by atoms with E-state index in [1.807, 2.05) is 0 Å². The molecule has 0 radical (unpaired) electrons. The van der Waals surface area contributed by atoms with Gasteiger partial charge < -0.3 is 5.32 Å². The number of halogens is 3. The van der Waals surface area contributed by atoms with Crippen molar-refractivity contribution in [3.05, 3.63) is 94.0 Å². The van der Waals surface area contributed by atoms with Crippen LogP contribution in [0.2, 0.25) is 0 Å². The number of benzene rings is 3. The number of alkyl halides is 3. The van der Waals surface area contributed by atoms with Gasteiger partial charge in [-0.2, -0.15) is 13.2 Å². The first kappa shape index (κ1) is 23.7. The van der Waals surface area contributed by atoms with Gasteiger partial charge in [-0.15, -0.1) is 0 Å². The van der Waals surface area contributed by atoms with Gasteiger partial charge in [0.1, 0.15) is 0 Å². The number of para-hydroxylation sites is 1. The maximum absolute atomic E-state index is 12.9. The molecule has 12 heteroatoms. The predicted molar refractivity (Wildman–Crippen MR) is 114 cm³/mol. The van der Waals surface area contributed by atoms with Crippen LogP contribution in [0.3, 0.4) is 0 Å². The summed E-state index contributed by atoms with van der Waals surface area (Å²) < 4.78 is 65.9. The minimum absolute atomic E-state index is 0.0884. The molecule has 33 heavy (non-hydrogen) atoms. The fourth-order valence-corrected chi connectivity index (χ4v) is 4.03. The van der Waals surface area contributed by atoms with Gasteiger partial charge in [-0.3, -0.25) is 19.6 Å². The fourth-order valence-electron chi connectivity index (χ4n) is 2.93. The molecular formula is C21H16F3N3O5S. The standard InChI is InChI=1S/C21H16F3N3O5S/c22-21(23,24)15-6-3-8-17(12-15)26-33(31,32)18-9-4-7-16(13-18)25-20(28)11-14-5-1-2-10-19(14)27(29)30/h1-10,12-13,26H,11H2,(H,25,28). The zero-order valence-electron chi connectivity index (χ0n) is 16.7. The molecule has 172 valence electrons. The number of sulfonamides is 1. The Morgan fingerprint density at radius 1 is 0.939 bits per heavy atom. The van der Waals surface area contributed by atoms with Crippen LogP contribution in [0, 0.1) is 10.1 Å². The zero-order chi connectivity index (χ0) is 24.2. The lowest BCUT2D eigenvalue weighted by Crippen LogP contribution is -2.17. The van der Waals surface area contributed by atoms with Crippen molar-refractivity contribution in [1.82, 2.24) is 0 Å². The quantitative estimate of drug-likeness (QED) is 0.379. The maximum atomic E-state index is 12.9. The zero-order valence-corrected chi connectivity index (χ0v) is 17.5. The second-order valence-electron chi connectivity index (χ2n) is 6.82. The second kappa shape index (κ2) is 9.28. The number of hydrogen-bond donors (Lipinski definition) is 2. The first-order valence-corrected chi connectivity index (χ1v) is 10.8. The lowest BCUT2D eigenvalue weighted by Gasteiger charge is -2.12. The number of rotatable bonds is 7. The minimum atomic E-state index is -4.64. The van der Waals surface area contributed by atoms with Crippen molar-refractivity contribution >= 4 is 33.0 Å². The van der Waals surface area contributed by atoms with Crippen LogP contribution < -0.4 is 10.0 Å². The summed E-state index contributed by atoms with van der Waals surface area (Å²) in [5, 5.41) is 13.5. The van der Waals surface area contributed by atoms with Crippen LogP contribution in [-0.2, 0) is 27.4 Å². The molecule has 0 saturated heterocycles. The summed E-state index contributed by atoms with van der Waals surface area (Å²) in [6.07, 6.45) is -4.96. The Labute approximate surface area is 186 Å². The van der Waals surface area contributed by atoms with Gasteiger partial charge in [0.05, 0.1) is 21.8 Å². The molecule has 0 aliphatic carbocycles. The van der Waals surface area contributed by atoms with E-state index in [0.29, 0.717) is 6.07 Å². The van der Waals surface area contributed by atoms with Gasteiger partial charge in [-0.05, 0) is 36.4 Å². The highest BCUT2D eigenvalue weighted by Crippen LogP contribution is 2.31. The largest absolute Gasteiger partial charge is 0.416 e. The van der Waals surface area contributed by atoms with Crippen LogP contribution >= 0.6 is 0 Å². The van der Waals surface area contributed by atoms with Crippen LogP contribution in [-0.4, -0.2) is 19.2 Å². The lowest BCUT2D eigenvalue weighted by atomic mass is 10.1. The van der Waals surface area contributed by atoms with Gasteiger partial charge in [0.2, 0.25) is 5.91 Å². The predicted octanol–water partition coefficient (Wildman–Crippen LogP) is 4.60. The van der Waals surface area contributed by atoms with Gasteiger partial charge in [0.25, 0.3) is 15.7 Å². The van der Waals surface area contributed by atoms with Crippen molar-refractivity contribution in [1.29, 1.82) is 0 Å². The minimum Gasteiger partial charge on any atom is -0.326 e. The Morgan fingerprint density at radius 2 is 1.61 bits per heavy atom. The van der Waals surface area contributed by atoms with Crippen LogP contribution in [0.1, 0.15) is 11.1 Å². The molecule has 0 fully saturated rings. The number of nitro benzene ring substituents is 1. The van der Waals surface area contributed by atoms with E-state index >= 15 is 0 Å². The summed E-state index contributed by atoms with van der Waals surface area (Å²) in [5.41, 5.74) is -1.26. The second-order valence-corrected chi connectivity index (χ2v) is 8.51. The number of nitrogens with zero attached hydrogens (tertiary/aromatic N) is 1. The summed E-state index contributed by atoms with van der Waals surface area (Å²) in [6, 6.07) is 14.5. The Kier molecular flexibility index (Phi) is 6.68. The average molecular weight is 479 g/mol. The number of amides is 1. The molecule has 1 amide bonds. The van der Waals surface area contributed by atoms with Crippen molar-refractivity contribution in [2.45, 2.75) is 17.5 Å². The summed E-state index contributed by atoms with van der Waals surface area (Å²) in [5.74, 6) is -0.621. The van der Waals surface area contributed by atoms with E-state index in [0.717, 1.165) is 18.2 Å². The van der Waals surface area contributed by atoms with E-state index < -0.39 is 32.6 Å². The third-order valence-electron chi connectivity index (χ3n) is 4.41. The molecule has 0 saturated carbocycles. The molecule has 0 aliphatic rings. The van der Waals surface area contributed by atoms with Gasteiger partial charge in [0, 0.05) is 23.0 Å². The van der Waals surface area contributed by atoms with E-state index in [2.05, 4.69) is 10.0 Å². The molecule has 0 aromatic heterocycles. The third-order valence-corrected chi connectivity index (χ3v) is 5.79. The highest BCUT2D eigenvalue weighted by Gasteiger charge is 2.30. The molecule has 3 aromatic rings. The molecular weight excluding hydrogens is 463 g/mol. The highest BCUT2D eigenvalue weighted by molar-refractivity contribution is 7.92. The maximum Gasteiger partial charge on any atom is 0.416 e. The molecule has 0 spiro atoms. The van der Waals surface area contributed by atoms with Crippen molar-refractivity contribution < 1.29 is 31.3 Å². The summed E-state index contributed by atoms with van der Waals surface area (Å²) in [4.78, 5) is 22.5. The lowest BCUT2D eigenvalue weighted by molar-refractivity contribution is -0.385. The third kappa shape index (κ3) is 6.07. The first-order valence-electron chi connectivity index (χ1n) is 9.28. The van der Waals surface area contributed by atoms with E-state index in [-0.39, 0.29) is 33.9 Å². The molecule has 3 aromatic carbocycles. The van der Waals surface area contributed by atoms with Crippen molar-refractivity contribution in [2.24, 2.45) is 0 Å². The Hall–Kier alpha value is -3.93. The Bertz CT molecular complexity index is 1310. The smallest absolute Gasteiger partial charge is 0.326 e. The SMILES string of the molecule is O=C(Cc1ccccc1[N+](=O)[O-])Nc1cccc(S(=O)(=O)Nc2cccc(C(F)(F)F)c2)c1. The van der Waals surface area contributed by atoms with Crippen molar-refractivity contribution in [3.63, 3.8) is 0 Å². The Morgan fingerprint density at radius 3 is 2.30 bits per heavy atom. The van der Waals surface area contributed by atoms with Crippen LogP contribution in [0.4, 0.5) is 30.2 Å². The highest BCUT2D eigenvalue weighted by atomic mass is 32.2. The molecule has 0 heterocycles. The average Bonchev–Trinajstić information content (AvgIpc) is 2.73. The molecule has 3 rings (SSSR count). The van der Waals surface area contributed by atoms with Crippen LogP contribution in [0.15, 0.2) is 77.7 Å². The summed E-state index contributed by atoms with van der Waals surface area (Å²) >= 11 is 0. The van der Waals surface area contributed by atoms with Gasteiger partial charge in [0.15, 0.2) is 0 Å².